The number of aliphatic hydroxyl groups is 3. The summed E-state index contributed by atoms with van der Waals surface area (Å²) in [6.45, 7) is 3.55. The third-order valence-electron chi connectivity index (χ3n) is 5.61. The summed E-state index contributed by atoms with van der Waals surface area (Å²) in [6.07, 6.45) is 11.5. The van der Waals surface area contributed by atoms with Gasteiger partial charge in [-0.2, -0.15) is 0 Å². The van der Waals surface area contributed by atoms with Gasteiger partial charge in [0, 0.05) is 24.7 Å². The van der Waals surface area contributed by atoms with Crippen molar-refractivity contribution in [1.82, 2.24) is 0 Å². The highest BCUT2D eigenvalue weighted by molar-refractivity contribution is 5.84. The highest BCUT2D eigenvalue weighted by Gasteiger charge is 2.39. The van der Waals surface area contributed by atoms with Crippen molar-refractivity contribution in [3.05, 3.63) is 12.2 Å². The summed E-state index contributed by atoms with van der Waals surface area (Å²) in [5, 5.41) is 29.3. The molecule has 1 aliphatic carbocycles. The van der Waals surface area contributed by atoms with Crippen molar-refractivity contribution >= 4 is 11.6 Å². The molecule has 1 saturated carbocycles. The van der Waals surface area contributed by atoms with Crippen LogP contribution in [0.2, 0.25) is 0 Å². The van der Waals surface area contributed by atoms with Crippen LogP contribution in [0.3, 0.4) is 0 Å². The van der Waals surface area contributed by atoms with E-state index in [9.17, 15) is 19.8 Å². The molecule has 0 aromatic carbocycles. The van der Waals surface area contributed by atoms with E-state index < -0.39 is 11.7 Å². The molecule has 0 aromatic heterocycles. The first-order chi connectivity index (χ1) is 12.8. The Morgan fingerprint density at radius 3 is 2.59 bits per heavy atom. The van der Waals surface area contributed by atoms with E-state index in [1.54, 1.807) is 0 Å². The number of aliphatic hydroxyl groups excluding tert-OH is 2. The second-order valence-corrected chi connectivity index (χ2v) is 8.30. The minimum Gasteiger partial charge on any atom is -0.392 e. The summed E-state index contributed by atoms with van der Waals surface area (Å²) < 4.78 is 0. The quantitative estimate of drug-likeness (QED) is 0.316. The van der Waals surface area contributed by atoms with Crippen LogP contribution in [-0.2, 0) is 9.59 Å². The van der Waals surface area contributed by atoms with Crippen molar-refractivity contribution in [2.75, 3.05) is 6.61 Å². The molecule has 27 heavy (non-hydrogen) atoms. The summed E-state index contributed by atoms with van der Waals surface area (Å²) in [4.78, 5) is 23.3. The lowest BCUT2D eigenvalue weighted by Gasteiger charge is -2.22. The smallest absolute Gasteiger partial charge is 0.158 e. The van der Waals surface area contributed by atoms with Gasteiger partial charge in [0.25, 0.3) is 0 Å². The van der Waals surface area contributed by atoms with Gasteiger partial charge in [-0.1, -0.05) is 51.2 Å². The summed E-state index contributed by atoms with van der Waals surface area (Å²) in [7, 11) is 0. The van der Waals surface area contributed by atoms with E-state index >= 15 is 0 Å². The SMILES string of the molecule is CCCCC(C)(O)C/C=C/C1[C@H](O)CC(=O)[C@@H]1CCCCCCC(=O)CO. The fraction of sp³-hybridized carbons (Fsp3) is 0.818. The zero-order chi connectivity index (χ0) is 20.3. The number of Topliss-reactive ketones (excluding diaryl/α,β-unsaturated/α-hetero) is 2. The van der Waals surface area contributed by atoms with Crippen molar-refractivity contribution in [2.24, 2.45) is 11.8 Å². The maximum absolute atomic E-state index is 12.2. The molecule has 1 fully saturated rings. The predicted octanol–water partition coefficient (Wildman–Crippen LogP) is 3.34. The Balaban J connectivity index is 2.42. The molecule has 0 aromatic rings. The van der Waals surface area contributed by atoms with E-state index in [1.807, 2.05) is 19.1 Å². The highest BCUT2D eigenvalue weighted by Crippen LogP contribution is 2.34. The predicted molar refractivity (Wildman–Crippen MR) is 106 cm³/mol. The van der Waals surface area contributed by atoms with Gasteiger partial charge in [0.1, 0.15) is 12.4 Å². The van der Waals surface area contributed by atoms with Gasteiger partial charge in [0.15, 0.2) is 5.78 Å². The van der Waals surface area contributed by atoms with Crippen LogP contribution in [0.1, 0.15) is 84.5 Å². The third kappa shape index (κ3) is 9.13. The molecule has 2 unspecified atom stereocenters. The standard InChI is InChI=1S/C22H38O5/c1-3-4-13-22(2,27)14-9-12-19-18(20(25)15-21(19)26)11-8-6-5-7-10-17(24)16-23/h9,12,18-19,21,23,26-27H,3-8,10-11,13-16H2,1-2H3/b12-9+/t18-,19?,21-,22?/m1/s1. The first kappa shape index (κ1) is 24.0. The van der Waals surface area contributed by atoms with Crippen LogP contribution in [0, 0.1) is 11.8 Å². The van der Waals surface area contributed by atoms with E-state index in [4.69, 9.17) is 5.11 Å². The minimum atomic E-state index is -0.735. The fourth-order valence-corrected chi connectivity index (χ4v) is 3.85. The number of hydrogen-bond acceptors (Lipinski definition) is 5. The van der Waals surface area contributed by atoms with Crippen molar-refractivity contribution < 1.29 is 24.9 Å². The van der Waals surface area contributed by atoms with Crippen molar-refractivity contribution in [1.29, 1.82) is 0 Å². The Kier molecular flexibility index (Phi) is 11.0. The van der Waals surface area contributed by atoms with E-state index in [0.29, 0.717) is 12.8 Å². The van der Waals surface area contributed by atoms with Crippen LogP contribution in [0.5, 0.6) is 0 Å². The third-order valence-corrected chi connectivity index (χ3v) is 5.61. The lowest BCUT2D eigenvalue weighted by Crippen LogP contribution is -2.23. The molecular formula is C22H38O5. The van der Waals surface area contributed by atoms with Crippen LogP contribution in [0.15, 0.2) is 12.2 Å². The number of ketones is 2. The average Bonchev–Trinajstić information content (AvgIpc) is 2.89. The molecule has 1 rings (SSSR count). The average molecular weight is 383 g/mol. The normalized spacial score (nSPS) is 25.2. The Labute approximate surface area is 163 Å². The molecule has 0 bridgehead atoms. The fourth-order valence-electron chi connectivity index (χ4n) is 3.85. The van der Waals surface area contributed by atoms with E-state index in [0.717, 1.165) is 51.4 Å². The van der Waals surface area contributed by atoms with Gasteiger partial charge >= 0.3 is 0 Å². The second kappa shape index (κ2) is 12.4. The summed E-state index contributed by atoms with van der Waals surface area (Å²) in [5.41, 5.74) is -0.735. The summed E-state index contributed by atoms with van der Waals surface area (Å²) in [6, 6.07) is 0. The van der Waals surface area contributed by atoms with Gasteiger partial charge in [0.2, 0.25) is 0 Å². The molecule has 0 radical (unpaired) electrons. The van der Waals surface area contributed by atoms with Crippen molar-refractivity contribution in [3.63, 3.8) is 0 Å². The molecule has 1 aliphatic rings. The molecule has 156 valence electrons. The van der Waals surface area contributed by atoms with Gasteiger partial charge in [-0.3, -0.25) is 9.59 Å². The van der Waals surface area contributed by atoms with E-state index in [1.165, 1.54) is 0 Å². The summed E-state index contributed by atoms with van der Waals surface area (Å²) in [5.74, 6) is -0.291. The first-order valence-electron chi connectivity index (χ1n) is 10.5. The van der Waals surface area contributed by atoms with Gasteiger partial charge in [0.05, 0.1) is 11.7 Å². The van der Waals surface area contributed by atoms with Crippen LogP contribution >= 0.6 is 0 Å². The zero-order valence-electron chi connectivity index (χ0n) is 17.0. The first-order valence-corrected chi connectivity index (χ1v) is 10.5. The van der Waals surface area contributed by atoms with E-state index in [2.05, 4.69) is 6.92 Å². The molecular weight excluding hydrogens is 344 g/mol. The largest absolute Gasteiger partial charge is 0.392 e. The number of unbranched alkanes of at least 4 members (excludes halogenated alkanes) is 4. The Morgan fingerprint density at radius 2 is 1.93 bits per heavy atom. The lowest BCUT2D eigenvalue weighted by molar-refractivity contribution is -0.122. The molecule has 0 saturated heterocycles. The molecule has 5 heteroatoms. The monoisotopic (exact) mass is 382 g/mol. The van der Waals surface area contributed by atoms with Gasteiger partial charge in [-0.05, 0) is 32.6 Å². The van der Waals surface area contributed by atoms with Crippen molar-refractivity contribution in [3.8, 4) is 0 Å². The molecule has 5 nitrogen and oxygen atoms in total. The van der Waals surface area contributed by atoms with Crippen LogP contribution < -0.4 is 0 Å². The number of rotatable bonds is 14. The Morgan fingerprint density at radius 1 is 1.22 bits per heavy atom. The molecule has 0 heterocycles. The van der Waals surface area contributed by atoms with Crippen LogP contribution in [-0.4, -0.2) is 45.2 Å². The maximum atomic E-state index is 12.2. The van der Waals surface area contributed by atoms with Gasteiger partial charge in [-0.15, -0.1) is 0 Å². The Hall–Kier alpha value is -1.04. The number of carbonyl (C=O) groups excluding carboxylic acids is 2. The number of carbonyl (C=O) groups is 2. The van der Waals surface area contributed by atoms with Crippen molar-refractivity contribution in [2.45, 2.75) is 96.2 Å². The topological polar surface area (TPSA) is 94.8 Å². The zero-order valence-corrected chi connectivity index (χ0v) is 17.0. The van der Waals surface area contributed by atoms with Crippen LogP contribution in [0.4, 0.5) is 0 Å². The molecule has 0 amide bonds. The van der Waals surface area contributed by atoms with E-state index in [-0.39, 0.29) is 36.4 Å². The Bertz CT molecular complexity index is 483. The highest BCUT2D eigenvalue weighted by atomic mass is 16.3. The molecule has 0 spiro atoms. The molecule has 3 N–H and O–H groups in total. The van der Waals surface area contributed by atoms with Gasteiger partial charge in [-0.25, -0.2) is 0 Å². The van der Waals surface area contributed by atoms with Gasteiger partial charge < -0.3 is 15.3 Å². The van der Waals surface area contributed by atoms with Crippen LogP contribution in [0.25, 0.3) is 0 Å². The lowest BCUT2D eigenvalue weighted by atomic mass is 9.87. The maximum Gasteiger partial charge on any atom is 0.158 e. The molecule has 4 atom stereocenters. The summed E-state index contributed by atoms with van der Waals surface area (Å²) >= 11 is 0. The minimum absolute atomic E-state index is 0.121. The number of hydrogen-bond donors (Lipinski definition) is 3. The second-order valence-electron chi connectivity index (χ2n) is 8.30. The molecule has 0 aliphatic heterocycles.